The van der Waals surface area contributed by atoms with Gasteiger partial charge in [0.25, 0.3) is 0 Å². The summed E-state index contributed by atoms with van der Waals surface area (Å²) in [5.41, 5.74) is 3.75. The number of fused-ring (bicyclic) bond motifs is 2. The number of ether oxygens (including phenoxy) is 1. The Morgan fingerprint density at radius 1 is 1.12 bits per heavy atom. The van der Waals surface area contributed by atoms with E-state index in [0.29, 0.717) is 42.6 Å². The number of allylic oxidation sites excluding steroid dienone is 1. The summed E-state index contributed by atoms with van der Waals surface area (Å²) in [5, 5.41) is 1.31. The Kier molecular flexibility index (Phi) is 6.87. The average molecular weight is 539 g/mol. The molecule has 0 spiro atoms. The van der Waals surface area contributed by atoms with Gasteiger partial charge in [0, 0.05) is 41.9 Å². The summed E-state index contributed by atoms with van der Waals surface area (Å²) in [6, 6.07) is 7.90. The number of hydrogen-bond donors (Lipinski definition) is 0. The van der Waals surface area contributed by atoms with Gasteiger partial charge in [-0.2, -0.15) is 0 Å². The highest BCUT2D eigenvalue weighted by Gasteiger charge is 2.34. The molecule has 1 aliphatic heterocycles. The second kappa shape index (κ2) is 9.34. The summed E-state index contributed by atoms with van der Waals surface area (Å²) in [4.78, 5) is 21.5. The molecule has 0 saturated carbocycles. The fourth-order valence-corrected chi connectivity index (χ4v) is 5.05. The molecule has 170 valence electrons. The molecule has 8 heteroatoms. The van der Waals surface area contributed by atoms with Crippen LogP contribution < -0.4 is 0 Å². The quantitative estimate of drug-likeness (QED) is 0.426. The number of carbonyl (C=O) groups is 1. The number of rotatable bonds is 1. The lowest BCUT2D eigenvalue weighted by Crippen LogP contribution is -2.51. The first-order valence-electron chi connectivity index (χ1n) is 10.6. The molecule has 1 fully saturated rings. The van der Waals surface area contributed by atoms with E-state index >= 15 is 0 Å². The summed E-state index contributed by atoms with van der Waals surface area (Å²) >= 11 is 16.4. The van der Waals surface area contributed by atoms with Gasteiger partial charge >= 0.3 is 6.09 Å². The molecule has 1 aromatic heterocycles. The number of amides is 1. The minimum absolute atomic E-state index is 0.0726. The normalized spacial score (nSPS) is 19.4. The zero-order chi connectivity index (χ0) is 23.0. The van der Waals surface area contributed by atoms with Crippen molar-refractivity contribution < 1.29 is 9.53 Å². The second-order valence-corrected chi connectivity index (χ2v) is 10.8. The fraction of sp³-hybridized carbons (Fsp3) is 0.417. The maximum absolute atomic E-state index is 12.5. The van der Waals surface area contributed by atoms with E-state index in [0.717, 1.165) is 26.9 Å². The Bertz CT molecular complexity index is 1060. The molecule has 5 nitrogen and oxygen atoms in total. The third kappa shape index (κ3) is 5.14. The number of aromatic nitrogens is 1. The zero-order valence-electron chi connectivity index (χ0n) is 18.4. The summed E-state index contributed by atoms with van der Waals surface area (Å²) in [5.74, 6) is 0. The fourth-order valence-electron chi connectivity index (χ4n) is 4.19. The third-order valence-corrected chi connectivity index (χ3v) is 6.82. The molecule has 1 saturated heterocycles. The van der Waals surface area contributed by atoms with E-state index in [9.17, 15) is 4.79 Å². The van der Waals surface area contributed by atoms with Crippen LogP contribution in [0.5, 0.6) is 0 Å². The first-order valence-corrected chi connectivity index (χ1v) is 12.2. The molecule has 4 rings (SSSR count). The predicted molar refractivity (Wildman–Crippen MR) is 133 cm³/mol. The van der Waals surface area contributed by atoms with Crippen LogP contribution in [0.15, 0.2) is 36.5 Å². The lowest BCUT2D eigenvalue weighted by Gasteiger charge is -2.40. The molecule has 32 heavy (non-hydrogen) atoms. The molecule has 2 aromatic rings. The minimum Gasteiger partial charge on any atom is -0.444 e. The van der Waals surface area contributed by atoms with Crippen LogP contribution in [-0.2, 0) is 11.2 Å². The Balaban J connectivity index is 1.69. The van der Waals surface area contributed by atoms with Gasteiger partial charge in [-0.05, 0) is 62.1 Å². The molecule has 1 aromatic carbocycles. The number of pyridine rings is 1. The van der Waals surface area contributed by atoms with E-state index in [1.165, 1.54) is 0 Å². The molecule has 2 heterocycles. The molecule has 0 bridgehead atoms. The molecule has 0 N–H and O–H groups in total. The monoisotopic (exact) mass is 537 g/mol. The lowest BCUT2D eigenvalue weighted by molar-refractivity contribution is 0.0117. The van der Waals surface area contributed by atoms with E-state index < -0.39 is 5.60 Å². The second-order valence-electron chi connectivity index (χ2n) is 9.09. The van der Waals surface area contributed by atoms with Gasteiger partial charge in [0.15, 0.2) is 0 Å². The van der Waals surface area contributed by atoms with Crippen molar-refractivity contribution in [2.24, 2.45) is 0 Å². The van der Waals surface area contributed by atoms with E-state index in [1.54, 1.807) is 11.1 Å². The average Bonchev–Trinajstić information content (AvgIpc) is 2.72. The van der Waals surface area contributed by atoms with Crippen LogP contribution in [0.4, 0.5) is 4.79 Å². The Labute approximate surface area is 207 Å². The number of carbonyl (C=O) groups excluding carboxylic acids is 1. The highest BCUT2D eigenvalue weighted by molar-refractivity contribution is 9.15. The molecular formula is C24H26BrCl2N3O2. The van der Waals surface area contributed by atoms with Crippen molar-refractivity contribution in [3.05, 3.63) is 69.0 Å². The van der Waals surface area contributed by atoms with Gasteiger partial charge in [0.1, 0.15) is 5.60 Å². The van der Waals surface area contributed by atoms with Crippen LogP contribution >= 0.6 is 39.1 Å². The van der Waals surface area contributed by atoms with Gasteiger partial charge in [0.05, 0.1) is 16.8 Å². The van der Waals surface area contributed by atoms with E-state index in [-0.39, 0.29) is 12.1 Å². The number of benzene rings is 1. The topological polar surface area (TPSA) is 45.7 Å². The van der Waals surface area contributed by atoms with Crippen LogP contribution in [0, 0.1) is 0 Å². The van der Waals surface area contributed by atoms with Crippen LogP contribution in [0.1, 0.15) is 49.2 Å². The van der Waals surface area contributed by atoms with Gasteiger partial charge in [0.2, 0.25) is 0 Å². The van der Waals surface area contributed by atoms with Crippen LogP contribution in [0.25, 0.3) is 4.48 Å². The van der Waals surface area contributed by atoms with E-state index in [1.807, 2.05) is 39.0 Å². The van der Waals surface area contributed by atoms with Gasteiger partial charge in [-0.25, -0.2) is 4.79 Å². The molecule has 0 radical (unpaired) electrons. The van der Waals surface area contributed by atoms with Gasteiger partial charge in [-0.3, -0.25) is 9.88 Å². The van der Waals surface area contributed by atoms with Crippen molar-refractivity contribution >= 4 is 49.7 Å². The third-order valence-electron chi connectivity index (χ3n) is 5.63. The van der Waals surface area contributed by atoms with Crippen molar-refractivity contribution in [3.63, 3.8) is 0 Å². The van der Waals surface area contributed by atoms with Crippen molar-refractivity contribution in [2.75, 3.05) is 26.2 Å². The molecule has 1 amide bonds. The molecule has 0 unspecified atom stereocenters. The zero-order valence-corrected chi connectivity index (χ0v) is 21.5. The summed E-state index contributed by atoms with van der Waals surface area (Å²) in [7, 11) is 0. The smallest absolute Gasteiger partial charge is 0.410 e. The van der Waals surface area contributed by atoms with Crippen molar-refractivity contribution in [1.29, 1.82) is 0 Å². The number of nitrogens with zero attached hydrogens (tertiary/aromatic N) is 3. The first kappa shape index (κ1) is 23.6. The minimum atomic E-state index is -0.507. The van der Waals surface area contributed by atoms with E-state index in [4.69, 9.17) is 32.9 Å². The van der Waals surface area contributed by atoms with Gasteiger partial charge in [-0.15, -0.1) is 0 Å². The lowest BCUT2D eigenvalue weighted by atomic mass is 9.90. The van der Waals surface area contributed by atoms with Crippen LogP contribution in [0.2, 0.25) is 10.0 Å². The summed E-state index contributed by atoms with van der Waals surface area (Å²) < 4.78 is 6.56. The van der Waals surface area contributed by atoms with E-state index in [2.05, 4.69) is 33.0 Å². The first-order chi connectivity index (χ1) is 15.1. The maximum Gasteiger partial charge on any atom is 0.410 e. The highest BCUT2D eigenvalue weighted by atomic mass is 79.9. The maximum atomic E-state index is 12.5. The van der Waals surface area contributed by atoms with Crippen molar-refractivity contribution in [1.82, 2.24) is 14.8 Å². The largest absolute Gasteiger partial charge is 0.444 e. The molecule has 1 aliphatic carbocycles. The number of hydrogen-bond acceptors (Lipinski definition) is 4. The number of halogens is 3. The SMILES string of the molecule is CC(C)(C)OC(=O)N1CCN([C@@H]2c3ccc(Cl)cc3C(Br)=CCc3cc(Cl)cnc32)CC1. The summed E-state index contributed by atoms with van der Waals surface area (Å²) in [6.45, 7) is 8.25. The van der Waals surface area contributed by atoms with Crippen molar-refractivity contribution in [2.45, 2.75) is 38.8 Å². The van der Waals surface area contributed by atoms with Crippen LogP contribution in [0.3, 0.4) is 0 Å². The standard InChI is InChI=1S/C24H26BrCl2N3O2/c1-24(2,3)32-23(31)30-10-8-29(9-11-30)22-18-6-5-16(26)13-19(18)20(25)7-4-15-12-17(27)14-28-21(15)22/h5-7,12-14,22H,4,8-11H2,1-3H3/t22-/m1/s1. The number of piperazine rings is 1. The van der Waals surface area contributed by atoms with Crippen LogP contribution in [-0.4, -0.2) is 52.7 Å². The predicted octanol–water partition coefficient (Wildman–Crippen LogP) is 6.32. The Morgan fingerprint density at radius 2 is 1.84 bits per heavy atom. The molecule has 1 atom stereocenters. The highest BCUT2D eigenvalue weighted by Crippen LogP contribution is 2.40. The molecular weight excluding hydrogens is 513 g/mol. The van der Waals surface area contributed by atoms with Crippen molar-refractivity contribution in [3.8, 4) is 0 Å². The van der Waals surface area contributed by atoms with Gasteiger partial charge in [-0.1, -0.05) is 51.3 Å². The summed E-state index contributed by atoms with van der Waals surface area (Å²) in [6.07, 6.45) is 4.28. The van der Waals surface area contributed by atoms with Gasteiger partial charge < -0.3 is 9.64 Å². The Morgan fingerprint density at radius 3 is 2.53 bits per heavy atom. The Hall–Kier alpha value is -1.60. The molecule has 2 aliphatic rings.